The van der Waals surface area contributed by atoms with Gasteiger partial charge in [0.15, 0.2) is 11.6 Å². The average molecular weight is 360 g/mol. The highest BCUT2D eigenvalue weighted by Gasteiger charge is 2.29. The van der Waals surface area contributed by atoms with Crippen molar-refractivity contribution in [2.24, 2.45) is 11.5 Å². The number of nitrogens with two attached hydrogens (primary N) is 2. The molecule has 1 unspecified atom stereocenters. The SMILES string of the molecule is CN(c1nc(Nc2cccnc2)c(C(N)=O)cc1F)[C@@H]1CCOCC1N. The van der Waals surface area contributed by atoms with Gasteiger partial charge < -0.3 is 26.4 Å². The maximum atomic E-state index is 14.6. The number of primary amides is 1. The maximum absolute atomic E-state index is 14.6. The molecule has 26 heavy (non-hydrogen) atoms. The predicted octanol–water partition coefficient (Wildman–Crippen LogP) is 1.01. The van der Waals surface area contributed by atoms with Gasteiger partial charge in [-0.3, -0.25) is 9.78 Å². The molecule has 0 aromatic carbocycles. The molecule has 2 aromatic rings. The first-order valence-electron chi connectivity index (χ1n) is 8.21. The molecule has 0 aliphatic carbocycles. The number of pyridine rings is 2. The third-order valence-electron chi connectivity index (χ3n) is 4.34. The molecule has 1 saturated heterocycles. The third-order valence-corrected chi connectivity index (χ3v) is 4.34. The fourth-order valence-corrected chi connectivity index (χ4v) is 2.97. The Morgan fingerprint density at radius 1 is 1.50 bits per heavy atom. The highest BCUT2D eigenvalue weighted by Crippen LogP contribution is 2.27. The average Bonchev–Trinajstić information content (AvgIpc) is 2.63. The molecule has 2 aromatic heterocycles. The fraction of sp³-hybridized carbons (Fsp3) is 0.353. The predicted molar refractivity (Wildman–Crippen MR) is 95.8 cm³/mol. The summed E-state index contributed by atoms with van der Waals surface area (Å²) < 4.78 is 20.0. The Kier molecular flexibility index (Phi) is 5.29. The van der Waals surface area contributed by atoms with Gasteiger partial charge in [0.25, 0.3) is 5.91 Å². The van der Waals surface area contributed by atoms with Crippen molar-refractivity contribution in [2.75, 3.05) is 30.5 Å². The molecule has 0 bridgehead atoms. The number of nitrogens with one attached hydrogen (secondary N) is 1. The molecular weight excluding hydrogens is 339 g/mol. The van der Waals surface area contributed by atoms with E-state index in [4.69, 9.17) is 16.2 Å². The van der Waals surface area contributed by atoms with Crippen molar-refractivity contribution in [3.8, 4) is 0 Å². The standard InChI is InChI=1S/C17H21FN6O2/c1-24(14-4-6-26-9-13(14)19)17-12(18)7-11(15(20)25)16(23-17)22-10-3-2-5-21-8-10/h2-3,5,7-8,13-14H,4,6,9,19H2,1H3,(H2,20,25)(H,22,23)/t13?,14-/m1/s1. The van der Waals surface area contributed by atoms with Gasteiger partial charge in [-0.2, -0.15) is 0 Å². The molecule has 3 rings (SSSR count). The third kappa shape index (κ3) is 3.73. The van der Waals surface area contributed by atoms with E-state index >= 15 is 0 Å². The summed E-state index contributed by atoms with van der Waals surface area (Å²) >= 11 is 0. The zero-order chi connectivity index (χ0) is 18.7. The van der Waals surface area contributed by atoms with E-state index in [0.717, 1.165) is 6.07 Å². The quantitative estimate of drug-likeness (QED) is 0.728. The summed E-state index contributed by atoms with van der Waals surface area (Å²) in [7, 11) is 1.72. The van der Waals surface area contributed by atoms with E-state index in [1.165, 1.54) is 0 Å². The number of hydrogen-bond acceptors (Lipinski definition) is 7. The van der Waals surface area contributed by atoms with Gasteiger partial charge >= 0.3 is 0 Å². The zero-order valence-electron chi connectivity index (χ0n) is 14.4. The van der Waals surface area contributed by atoms with Gasteiger partial charge in [-0.05, 0) is 24.6 Å². The van der Waals surface area contributed by atoms with Gasteiger partial charge in [0, 0.05) is 31.9 Å². The zero-order valence-corrected chi connectivity index (χ0v) is 14.4. The monoisotopic (exact) mass is 360 g/mol. The van der Waals surface area contributed by atoms with E-state index in [9.17, 15) is 9.18 Å². The molecule has 1 aliphatic heterocycles. The van der Waals surface area contributed by atoms with Gasteiger partial charge in [-0.1, -0.05) is 0 Å². The second kappa shape index (κ2) is 7.63. The van der Waals surface area contributed by atoms with Crippen LogP contribution in [0, 0.1) is 5.82 Å². The molecule has 0 saturated carbocycles. The Labute approximate surface area is 150 Å². The van der Waals surface area contributed by atoms with Gasteiger partial charge in [0.2, 0.25) is 0 Å². The number of likely N-dealkylation sites (N-methyl/N-ethyl adjacent to an activating group) is 1. The van der Waals surface area contributed by atoms with Crippen molar-refractivity contribution in [1.29, 1.82) is 0 Å². The molecule has 5 N–H and O–H groups in total. The molecule has 3 heterocycles. The number of carbonyl (C=O) groups is 1. The van der Waals surface area contributed by atoms with Crippen molar-refractivity contribution >= 4 is 23.2 Å². The van der Waals surface area contributed by atoms with Gasteiger partial charge in [-0.15, -0.1) is 0 Å². The molecule has 1 aliphatic rings. The summed E-state index contributed by atoms with van der Waals surface area (Å²) in [6.45, 7) is 0.946. The summed E-state index contributed by atoms with van der Waals surface area (Å²) in [5.74, 6) is -1.17. The van der Waals surface area contributed by atoms with Crippen LogP contribution >= 0.6 is 0 Å². The number of halogens is 1. The minimum Gasteiger partial charge on any atom is -0.380 e. The van der Waals surface area contributed by atoms with Gasteiger partial charge in [0.1, 0.15) is 5.82 Å². The highest BCUT2D eigenvalue weighted by molar-refractivity contribution is 5.98. The van der Waals surface area contributed by atoms with Crippen LogP contribution in [0.4, 0.5) is 21.7 Å². The van der Waals surface area contributed by atoms with Crippen LogP contribution in [0.2, 0.25) is 0 Å². The minimum absolute atomic E-state index is 0.0419. The van der Waals surface area contributed by atoms with E-state index in [1.54, 1.807) is 36.5 Å². The summed E-state index contributed by atoms with van der Waals surface area (Å²) in [5.41, 5.74) is 12.0. The van der Waals surface area contributed by atoms with Gasteiger partial charge in [0.05, 0.1) is 24.1 Å². The van der Waals surface area contributed by atoms with Crippen molar-refractivity contribution < 1.29 is 13.9 Å². The molecule has 1 amide bonds. The first-order valence-corrected chi connectivity index (χ1v) is 8.21. The maximum Gasteiger partial charge on any atom is 0.252 e. The summed E-state index contributed by atoms with van der Waals surface area (Å²) in [6.07, 6.45) is 3.83. The Morgan fingerprint density at radius 2 is 2.31 bits per heavy atom. The van der Waals surface area contributed by atoms with E-state index in [1.807, 2.05) is 0 Å². The Hall–Kier alpha value is -2.78. The van der Waals surface area contributed by atoms with Crippen molar-refractivity contribution in [1.82, 2.24) is 9.97 Å². The van der Waals surface area contributed by atoms with Crippen molar-refractivity contribution in [3.05, 3.63) is 42.0 Å². The molecule has 8 nitrogen and oxygen atoms in total. The normalized spacial score (nSPS) is 19.8. The van der Waals surface area contributed by atoms with E-state index < -0.39 is 11.7 Å². The molecule has 0 radical (unpaired) electrons. The molecule has 9 heteroatoms. The number of carbonyl (C=O) groups excluding carboxylic acids is 1. The molecule has 138 valence electrons. The first-order chi connectivity index (χ1) is 12.5. The number of anilines is 3. The van der Waals surface area contributed by atoms with Crippen LogP contribution in [-0.4, -0.2) is 48.2 Å². The topological polar surface area (TPSA) is 119 Å². The second-order valence-corrected chi connectivity index (χ2v) is 6.13. The molecule has 1 fully saturated rings. The largest absolute Gasteiger partial charge is 0.380 e. The van der Waals surface area contributed by atoms with Crippen LogP contribution in [-0.2, 0) is 4.74 Å². The Bertz CT molecular complexity index is 788. The van der Waals surface area contributed by atoms with E-state index in [2.05, 4.69) is 15.3 Å². The first kappa shape index (κ1) is 18.0. The van der Waals surface area contributed by atoms with Crippen LogP contribution in [0.1, 0.15) is 16.8 Å². The number of rotatable bonds is 5. The smallest absolute Gasteiger partial charge is 0.252 e. The molecule has 0 spiro atoms. The van der Waals surface area contributed by atoms with Crippen LogP contribution in [0.3, 0.4) is 0 Å². The number of nitrogens with zero attached hydrogens (tertiary/aromatic N) is 3. The lowest BCUT2D eigenvalue weighted by atomic mass is 10.0. The summed E-state index contributed by atoms with van der Waals surface area (Å²) in [5, 5.41) is 2.97. The number of ether oxygens (including phenoxy) is 1. The lowest BCUT2D eigenvalue weighted by Crippen LogP contribution is -2.52. The number of aromatic nitrogens is 2. The van der Waals surface area contributed by atoms with Crippen LogP contribution < -0.4 is 21.7 Å². The minimum atomic E-state index is -0.778. The van der Waals surface area contributed by atoms with E-state index in [-0.39, 0.29) is 29.3 Å². The summed E-state index contributed by atoms with van der Waals surface area (Å²) in [6, 6.07) is 4.17. The lowest BCUT2D eigenvalue weighted by Gasteiger charge is -2.36. The second-order valence-electron chi connectivity index (χ2n) is 6.13. The number of amides is 1. The molecule has 2 atom stereocenters. The van der Waals surface area contributed by atoms with Crippen LogP contribution in [0.25, 0.3) is 0 Å². The van der Waals surface area contributed by atoms with Gasteiger partial charge in [-0.25, -0.2) is 9.37 Å². The van der Waals surface area contributed by atoms with Crippen molar-refractivity contribution in [2.45, 2.75) is 18.5 Å². The molecular formula is C17H21FN6O2. The Balaban J connectivity index is 1.97. The van der Waals surface area contributed by atoms with E-state index in [0.29, 0.717) is 25.3 Å². The van der Waals surface area contributed by atoms with Crippen LogP contribution in [0.15, 0.2) is 30.6 Å². The number of hydrogen-bond donors (Lipinski definition) is 3. The highest BCUT2D eigenvalue weighted by atomic mass is 19.1. The fourth-order valence-electron chi connectivity index (χ4n) is 2.97. The summed E-state index contributed by atoms with van der Waals surface area (Å²) in [4.78, 5) is 21.7. The lowest BCUT2D eigenvalue weighted by molar-refractivity contribution is 0.0696. The Morgan fingerprint density at radius 3 is 2.96 bits per heavy atom. The van der Waals surface area contributed by atoms with Crippen molar-refractivity contribution in [3.63, 3.8) is 0 Å². The van der Waals surface area contributed by atoms with Crippen LogP contribution in [0.5, 0.6) is 0 Å².